The van der Waals surface area contributed by atoms with E-state index >= 15 is 0 Å². The molecule has 4 aromatic heterocycles. The predicted octanol–water partition coefficient (Wildman–Crippen LogP) is 13.6. The van der Waals surface area contributed by atoms with Gasteiger partial charge in [-0.25, -0.2) is 0 Å². The van der Waals surface area contributed by atoms with Crippen LogP contribution in [-0.4, -0.2) is 9.13 Å². The lowest BCUT2D eigenvalue weighted by Gasteiger charge is -2.09. The molecule has 0 N–H and O–H groups in total. The van der Waals surface area contributed by atoms with E-state index in [1.54, 1.807) is 0 Å². The van der Waals surface area contributed by atoms with E-state index in [1.165, 1.54) is 96.0 Å². The predicted molar refractivity (Wildman–Crippen MR) is 217 cm³/mol. The van der Waals surface area contributed by atoms with E-state index in [-0.39, 0.29) is 0 Å². The van der Waals surface area contributed by atoms with Gasteiger partial charge >= 0.3 is 0 Å². The highest BCUT2D eigenvalue weighted by molar-refractivity contribution is 7.27. The number of rotatable bonds is 4. The van der Waals surface area contributed by atoms with Crippen molar-refractivity contribution in [3.05, 3.63) is 170 Å². The van der Waals surface area contributed by atoms with Gasteiger partial charge in [-0.1, -0.05) is 127 Å². The first-order valence-electron chi connectivity index (χ1n) is 16.9. The lowest BCUT2D eigenvalue weighted by atomic mass is 9.99. The molecule has 0 atom stereocenters. The molecule has 0 aliphatic rings. The van der Waals surface area contributed by atoms with Crippen molar-refractivity contribution in [1.29, 1.82) is 0 Å². The minimum atomic E-state index is 1.19. The second kappa shape index (κ2) is 10.8. The maximum absolute atomic E-state index is 2.44. The Morgan fingerprint density at radius 3 is 1.52 bits per heavy atom. The highest BCUT2D eigenvalue weighted by atomic mass is 32.1. The van der Waals surface area contributed by atoms with Gasteiger partial charge in [-0.3, -0.25) is 0 Å². The summed E-state index contributed by atoms with van der Waals surface area (Å²) in [5.41, 5.74) is 12.5. The van der Waals surface area contributed by atoms with Crippen LogP contribution in [0.1, 0.15) is 0 Å². The number of benzene rings is 7. The molecule has 4 heteroatoms. The monoisotopic (exact) mass is 672 g/mol. The molecule has 0 amide bonds. The van der Waals surface area contributed by atoms with Crippen LogP contribution in [-0.2, 0) is 0 Å². The summed E-state index contributed by atoms with van der Waals surface area (Å²) in [6, 6.07) is 62.0. The summed E-state index contributed by atoms with van der Waals surface area (Å²) >= 11 is 3.81. The molecule has 0 saturated carbocycles. The number of para-hydroxylation sites is 4. The van der Waals surface area contributed by atoms with Crippen LogP contribution in [0, 0.1) is 0 Å². The first-order chi connectivity index (χ1) is 24.8. The molecule has 0 aliphatic heterocycles. The molecule has 7 aromatic carbocycles. The van der Waals surface area contributed by atoms with Crippen molar-refractivity contribution in [3.63, 3.8) is 0 Å². The lowest BCUT2D eigenvalue weighted by molar-refractivity contribution is 1.19. The van der Waals surface area contributed by atoms with Crippen molar-refractivity contribution in [1.82, 2.24) is 9.13 Å². The Balaban J connectivity index is 1.03. The maximum atomic E-state index is 2.44. The SMILES string of the molecule is c1ccc(-n2c3ccccc3c3sc4cc(-c5ccc(-c6cccc7c6sc6c8ccccc8n(-c8ccccc8)c76)cc5)ccc4c32)cc1. The molecule has 0 radical (unpaired) electrons. The summed E-state index contributed by atoms with van der Waals surface area (Å²) < 4.78 is 10.2. The quantitative estimate of drug-likeness (QED) is 0.176. The molecule has 0 saturated heterocycles. The molecule has 50 heavy (non-hydrogen) atoms. The van der Waals surface area contributed by atoms with E-state index in [2.05, 4.69) is 179 Å². The molecule has 0 fully saturated rings. The van der Waals surface area contributed by atoms with Crippen LogP contribution in [0.5, 0.6) is 0 Å². The highest BCUT2D eigenvalue weighted by Gasteiger charge is 2.20. The van der Waals surface area contributed by atoms with Crippen molar-refractivity contribution >= 4 is 85.1 Å². The molecule has 11 rings (SSSR count). The van der Waals surface area contributed by atoms with Gasteiger partial charge in [0.15, 0.2) is 0 Å². The fourth-order valence-electron chi connectivity index (χ4n) is 7.90. The van der Waals surface area contributed by atoms with Crippen LogP contribution in [0.25, 0.3) is 96.0 Å². The smallest absolute Gasteiger partial charge is 0.0727 e. The molecular formula is C46H28N2S2. The van der Waals surface area contributed by atoms with Crippen LogP contribution in [0.15, 0.2) is 170 Å². The molecule has 4 heterocycles. The van der Waals surface area contributed by atoms with Crippen molar-refractivity contribution in [3.8, 4) is 33.6 Å². The molecular weight excluding hydrogens is 645 g/mol. The Hall–Kier alpha value is -5.94. The Labute approximate surface area is 296 Å². The molecule has 11 aromatic rings. The zero-order chi connectivity index (χ0) is 32.8. The van der Waals surface area contributed by atoms with Gasteiger partial charge in [-0.2, -0.15) is 0 Å². The third-order valence-electron chi connectivity index (χ3n) is 10.1. The maximum Gasteiger partial charge on any atom is 0.0727 e. The summed E-state index contributed by atoms with van der Waals surface area (Å²) in [4.78, 5) is 0. The lowest BCUT2D eigenvalue weighted by Crippen LogP contribution is -1.92. The number of aromatic nitrogens is 2. The Morgan fingerprint density at radius 2 is 0.860 bits per heavy atom. The molecule has 0 bridgehead atoms. The number of fused-ring (bicyclic) bond motifs is 10. The zero-order valence-corrected chi connectivity index (χ0v) is 28.5. The Kier molecular flexibility index (Phi) is 6.03. The van der Waals surface area contributed by atoms with Gasteiger partial charge < -0.3 is 9.13 Å². The first-order valence-corrected chi connectivity index (χ1v) is 18.6. The Morgan fingerprint density at radius 1 is 0.340 bits per heavy atom. The molecule has 2 nitrogen and oxygen atoms in total. The molecule has 0 unspecified atom stereocenters. The normalized spacial score (nSPS) is 12.0. The van der Waals surface area contributed by atoms with Crippen molar-refractivity contribution in [2.45, 2.75) is 0 Å². The van der Waals surface area contributed by atoms with Crippen molar-refractivity contribution in [2.24, 2.45) is 0 Å². The topological polar surface area (TPSA) is 9.86 Å². The fourth-order valence-corrected chi connectivity index (χ4v) is 10.5. The minimum Gasteiger partial charge on any atom is -0.308 e. The van der Waals surface area contributed by atoms with E-state index in [0.29, 0.717) is 0 Å². The van der Waals surface area contributed by atoms with Gasteiger partial charge in [-0.05, 0) is 64.7 Å². The second-order valence-corrected chi connectivity index (χ2v) is 15.0. The standard InChI is InChI=1S/C46H28N2S2/c1-3-12-32(13-4-1)47-39-20-9-7-16-35(39)45-42(47)37-27-26-31(28-41(37)49-45)29-22-24-30(25-23-29)34-18-11-19-38-43-46(50-44(34)38)36-17-8-10-21-40(36)48(43)33-14-5-2-6-15-33/h1-28H. The van der Waals surface area contributed by atoms with Crippen LogP contribution < -0.4 is 0 Å². The van der Waals surface area contributed by atoms with E-state index in [9.17, 15) is 0 Å². The third kappa shape index (κ3) is 4.01. The van der Waals surface area contributed by atoms with Crippen LogP contribution in [0.4, 0.5) is 0 Å². The van der Waals surface area contributed by atoms with E-state index in [0.717, 1.165) is 0 Å². The van der Waals surface area contributed by atoms with Crippen LogP contribution in [0.3, 0.4) is 0 Å². The number of hydrogen-bond donors (Lipinski definition) is 0. The average Bonchev–Trinajstić information content (AvgIpc) is 3.92. The minimum absolute atomic E-state index is 1.19. The Bertz CT molecular complexity index is 3070. The van der Waals surface area contributed by atoms with E-state index < -0.39 is 0 Å². The number of thiophene rings is 2. The third-order valence-corrected chi connectivity index (χ3v) is 12.6. The van der Waals surface area contributed by atoms with E-state index in [4.69, 9.17) is 0 Å². The molecule has 0 spiro atoms. The number of nitrogens with zero attached hydrogens (tertiary/aromatic N) is 2. The molecule has 234 valence electrons. The van der Waals surface area contributed by atoms with Gasteiger partial charge in [0.1, 0.15) is 0 Å². The summed E-state index contributed by atoms with van der Waals surface area (Å²) in [6.07, 6.45) is 0. The van der Waals surface area contributed by atoms with Gasteiger partial charge in [0.2, 0.25) is 0 Å². The van der Waals surface area contributed by atoms with Crippen molar-refractivity contribution in [2.75, 3.05) is 0 Å². The fraction of sp³-hybridized carbons (Fsp3) is 0. The van der Waals surface area contributed by atoms with Crippen LogP contribution >= 0.6 is 22.7 Å². The summed E-state index contributed by atoms with van der Waals surface area (Å²) in [5, 5.41) is 5.21. The largest absolute Gasteiger partial charge is 0.308 e. The molecule has 0 aliphatic carbocycles. The van der Waals surface area contributed by atoms with Gasteiger partial charge in [0, 0.05) is 42.3 Å². The number of hydrogen-bond acceptors (Lipinski definition) is 2. The van der Waals surface area contributed by atoms with Crippen molar-refractivity contribution < 1.29 is 0 Å². The van der Waals surface area contributed by atoms with Crippen LogP contribution in [0.2, 0.25) is 0 Å². The summed E-state index contributed by atoms with van der Waals surface area (Å²) in [7, 11) is 0. The average molecular weight is 673 g/mol. The second-order valence-electron chi connectivity index (χ2n) is 12.9. The van der Waals surface area contributed by atoms with Gasteiger partial charge in [-0.15, -0.1) is 22.7 Å². The first kappa shape index (κ1) is 28.0. The highest BCUT2D eigenvalue weighted by Crippen LogP contribution is 2.46. The zero-order valence-electron chi connectivity index (χ0n) is 26.9. The van der Waals surface area contributed by atoms with Gasteiger partial charge in [0.05, 0.1) is 31.5 Å². The van der Waals surface area contributed by atoms with Gasteiger partial charge in [0.25, 0.3) is 0 Å². The van der Waals surface area contributed by atoms with E-state index in [1.807, 2.05) is 22.7 Å². The summed E-state index contributed by atoms with van der Waals surface area (Å²) in [6.45, 7) is 0. The summed E-state index contributed by atoms with van der Waals surface area (Å²) in [5.74, 6) is 0.